The lowest BCUT2D eigenvalue weighted by Gasteiger charge is -2.18. The van der Waals surface area contributed by atoms with Crippen LogP contribution in [-0.4, -0.2) is 12.1 Å². The first kappa shape index (κ1) is 43.2. The Morgan fingerprint density at radius 2 is 0.614 bits per heavy atom. The van der Waals surface area contributed by atoms with Crippen LogP contribution in [0.4, 0.5) is 0 Å². The highest BCUT2D eigenvalue weighted by Gasteiger charge is 2.14. The SMILES string of the molecule is C=C(C)C(=O)OC(CCCCCCCCCCCCCCCCCC)CCCCCCCCCCCCCCCCCCC. The van der Waals surface area contributed by atoms with Gasteiger partial charge in [0.05, 0.1) is 0 Å². The highest BCUT2D eigenvalue weighted by molar-refractivity contribution is 5.87. The van der Waals surface area contributed by atoms with Crippen molar-refractivity contribution in [2.45, 2.75) is 252 Å². The van der Waals surface area contributed by atoms with Gasteiger partial charge in [-0.2, -0.15) is 0 Å². The van der Waals surface area contributed by atoms with Gasteiger partial charge in [0.1, 0.15) is 6.10 Å². The molecule has 0 aromatic carbocycles. The largest absolute Gasteiger partial charge is 0.459 e. The second kappa shape index (κ2) is 36.7. The Bertz CT molecular complexity index is 582. The molecule has 0 aromatic rings. The Morgan fingerprint density at radius 3 is 0.818 bits per heavy atom. The van der Waals surface area contributed by atoms with E-state index in [2.05, 4.69) is 20.4 Å². The van der Waals surface area contributed by atoms with Gasteiger partial charge in [0, 0.05) is 5.57 Å². The van der Waals surface area contributed by atoms with E-state index in [4.69, 9.17) is 4.74 Å². The fourth-order valence-electron chi connectivity index (χ4n) is 6.53. The van der Waals surface area contributed by atoms with Crippen LogP contribution in [0.25, 0.3) is 0 Å². The first-order valence-electron chi connectivity index (χ1n) is 20.5. The number of ether oxygens (including phenoxy) is 1. The minimum atomic E-state index is -0.196. The first-order valence-corrected chi connectivity index (χ1v) is 20.5. The first-order chi connectivity index (χ1) is 21.6. The van der Waals surface area contributed by atoms with Crippen molar-refractivity contribution < 1.29 is 9.53 Å². The molecule has 0 bridgehead atoms. The summed E-state index contributed by atoms with van der Waals surface area (Å²) in [5.74, 6) is -0.196. The molecule has 0 radical (unpaired) electrons. The van der Waals surface area contributed by atoms with Gasteiger partial charge >= 0.3 is 5.97 Å². The van der Waals surface area contributed by atoms with Gasteiger partial charge < -0.3 is 4.74 Å². The molecule has 0 spiro atoms. The average molecular weight is 619 g/mol. The fourth-order valence-corrected chi connectivity index (χ4v) is 6.53. The van der Waals surface area contributed by atoms with E-state index in [1.807, 2.05) is 0 Å². The molecule has 0 amide bonds. The summed E-state index contributed by atoms with van der Waals surface area (Å²) in [7, 11) is 0. The van der Waals surface area contributed by atoms with E-state index in [-0.39, 0.29) is 12.1 Å². The molecule has 262 valence electrons. The van der Waals surface area contributed by atoms with Gasteiger partial charge in [0.2, 0.25) is 0 Å². The van der Waals surface area contributed by atoms with Crippen LogP contribution in [0.5, 0.6) is 0 Å². The Morgan fingerprint density at radius 1 is 0.409 bits per heavy atom. The summed E-state index contributed by atoms with van der Waals surface area (Å²) in [4.78, 5) is 12.2. The average Bonchev–Trinajstić information content (AvgIpc) is 3.02. The number of esters is 1. The molecule has 0 aliphatic heterocycles. The standard InChI is InChI=1S/C42H82O2/c1-5-7-9-11-13-15-17-19-21-23-25-27-29-31-33-35-37-39-41(44-42(43)40(3)4)38-36-34-32-30-28-26-24-22-20-18-16-14-12-10-8-6-2/h41H,3,5-39H2,1-2,4H3. The summed E-state index contributed by atoms with van der Waals surface area (Å²) in [6.07, 6.45) is 48.2. The quantitative estimate of drug-likeness (QED) is 0.0393. The van der Waals surface area contributed by atoms with E-state index in [1.54, 1.807) is 6.92 Å². The van der Waals surface area contributed by atoms with E-state index in [1.165, 1.54) is 212 Å². The summed E-state index contributed by atoms with van der Waals surface area (Å²) in [5.41, 5.74) is 0.532. The van der Waals surface area contributed by atoms with Crippen LogP contribution in [0.1, 0.15) is 245 Å². The van der Waals surface area contributed by atoms with E-state index >= 15 is 0 Å². The molecular formula is C42H82O2. The molecule has 0 heterocycles. The van der Waals surface area contributed by atoms with Crippen LogP contribution in [0.2, 0.25) is 0 Å². The lowest BCUT2D eigenvalue weighted by molar-refractivity contribution is -0.145. The third-order valence-electron chi connectivity index (χ3n) is 9.63. The van der Waals surface area contributed by atoms with E-state index in [9.17, 15) is 4.79 Å². The molecule has 1 atom stereocenters. The maximum absolute atomic E-state index is 12.2. The summed E-state index contributed by atoms with van der Waals surface area (Å²) >= 11 is 0. The number of rotatable bonds is 37. The highest BCUT2D eigenvalue weighted by Crippen LogP contribution is 2.19. The van der Waals surface area contributed by atoms with E-state index < -0.39 is 0 Å². The Kier molecular flexibility index (Phi) is 36.0. The van der Waals surface area contributed by atoms with Crippen molar-refractivity contribution in [3.05, 3.63) is 12.2 Å². The highest BCUT2D eigenvalue weighted by atomic mass is 16.5. The lowest BCUT2D eigenvalue weighted by atomic mass is 10.0. The topological polar surface area (TPSA) is 26.3 Å². The molecule has 0 rings (SSSR count). The minimum absolute atomic E-state index is 0.0854. The van der Waals surface area contributed by atoms with Crippen molar-refractivity contribution in [3.63, 3.8) is 0 Å². The molecule has 2 nitrogen and oxygen atoms in total. The van der Waals surface area contributed by atoms with Crippen LogP contribution in [0.15, 0.2) is 12.2 Å². The zero-order chi connectivity index (χ0) is 32.2. The van der Waals surface area contributed by atoms with Gasteiger partial charge in [-0.15, -0.1) is 0 Å². The molecule has 0 saturated carbocycles. The summed E-state index contributed by atoms with van der Waals surface area (Å²) < 4.78 is 5.83. The smallest absolute Gasteiger partial charge is 0.333 e. The van der Waals surface area contributed by atoms with Gasteiger partial charge in [-0.05, 0) is 32.6 Å². The van der Waals surface area contributed by atoms with Gasteiger partial charge in [-0.1, -0.05) is 219 Å². The summed E-state index contributed by atoms with van der Waals surface area (Å²) in [6, 6.07) is 0. The normalized spacial score (nSPS) is 12.1. The molecule has 0 aromatic heterocycles. The molecule has 0 aliphatic rings. The monoisotopic (exact) mass is 619 g/mol. The van der Waals surface area contributed by atoms with Crippen molar-refractivity contribution >= 4 is 5.97 Å². The maximum Gasteiger partial charge on any atom is 0.333 e. The molecule has 0 N–H and O–H groups in total. The number of carbonyl (C=O) groups is 1. The number of hydrogen-bond donors (Lipinski definition) is 0. The Labute approximate surface area is 278 Å². The summed E-state index contributed by atoms with van der Waals surface area (Å²) in [6.45, 7) is 10.2. The maximum atomic E-state index is 12.2. The zero-order valence-electron chi connectivity index (χ0n) is 30.8. The van der Waals surface area contributed by atoms with Crippen LogP contribution in [-0.2, 0) is 9.53 Å². The van der Waals surface area contributed by atoms with Crippen molar-refractivity contribution in [1.82, 2.24) is 0 Å². The van der Waals surface area contributed by atoms with Crippen LogP contribution in [0.3, 0.4) is 0 Å². The second-order valence-corrected chi connectivity index (χ2v) is 14.3. The molecule has 0 aliphatic carbocycles. The lowest BCUT2D eigenvalue weighted by Crippen LogP contribution is -2.18. The van der Waals surface area contributed by atoms with Crippen molar-refractivity contribution in [2.75, 3.05) is 0 Å². The van der Waals surface area contributed by atoms with Crippen molar-refractivity contribution in [2.24, 2.45) is 0 Å². The van der Waals surface area contributed by atoms with Crippen LogP contribution < -0.4 is 0 Å². The van der Waals surface area contributed by atoms with Crippen LogP contribution >= 0.6 is 0 Å². The van der Waals surface area contributed by atoms with Crippen molar-refractivity contribution in [1.29, 1.82) is 0 Å². The van der Waals surface area contributed by atoms with Gasteiger partial charge in [0.15, 0.2) is 0 Å². The third-order valence-corrected chi connectivity index (χ3v) is 9.63. The van der Waals surface area contributed by atoms with Gasteiger partial charge in [0.25, 0.3) is 0 Å². The zero-order valence-corrected chi connectivity index (χ0v) is 30.8. The number of unbranched alkanes of at least 4 members (excludes halogenated alkanes) is 31. The minimum Gasteiger partial charge on any atom is -0.459 e. The van der Waals surface area contributed by atoms with E-state index in [0.29, 0.717) is 5.57 Å². The van der Waals surface area contributed by atoms with Gasteiger partial charge in [-0.3, -0.25) is 0 Å². The predicted octanol–water partition coefficient (Wildman–Crippen LogP) is 15.2. The number of hydrogen-bond acceptors (Lipinski definition) is 2. The molecular weight excluding hydrogens is 536 g/mol. The Hall–Kier alpha value is -0.790. The molecule has 1 unspecified atom stereocenters. The molecule has 0 fully saturated rings. The van der Waals surface area contributed by atoms with E-state index in [0.717, 1.165) is 12.8 Å². The molecule has 44 heavy (non-hydrogen) atoms. The van der Waals surface area contributed by atoms with Crippen molar-refractivity contribution in [3.8, 4) is 0 Å². The predicted molar refractivity (Wildman–Crippen MR) is 198 cm³/mol. The number of carbonyl (C=O) groups excluding carboxylic acids is 1. The molecule has 2 heteroatoms. The Balaban J connectivity index is 3.65. The fraction of sp³-hybridized carbons (Fsp3) is 0.929. The second-order valence-electron chi connectivity index (χ2n) is 14.3. The van der Waals surface area contributed by atoms with Crippen LogP contribution in [0, 0.1) is 0 Å². The third kappa shape index (κ3) is 34.1. The summed E-state index contributed by atoms with van der Waals surface area (Å²) in [5, 5.41) is 0. The van der Waals surface area contributed by atoms with Gasteiger partial charge in [-0.25, -0.2) is 4.79 Å². The molecule has 0 saturated heterocycles.